The predicted octanol–water partition coefficient (Wildman–Crippen LogP) is 1.99. The number of nitrogens with one attached hydrogen (secondary N) is 1. The highest BCUT2D eigenvalue weighted by atomic mass is 16.4. The molecule has 3 rings (SSSR count). The Kier molecular flexibility index (Phi) is 4.20. The molecule has 2 heterocycles. The summed E-state index contributed by atoms with van der Waals surface area (Å²) >= 11 is 0. The smallest absolute Gasteiger partial charge is 0.247 e. The van der Waals surface area contributed by atoms with Crippen LogP contribution in [-0.2, 0) is 17.8 Å². The van der Waals surface area contributed by atoms with E-state index in [1.807, 2.05) is 42.5 Å². The third-order valence-electron chi connectivity index (χ3n) is 3.01. The molecule has 1 aromatic carbocycles. The van der Waals surface area contributed by atoms with Crippen molar-refractivity contribution in [3.05, 3.63) is 66.3 Å². The Morgan fingerprint density at radius 3 is 2.73 bits per heavy atom. The molecule has 0 bridgehead atoms. The molecular formula is C16H14N4O2. The molecule has 0 saturated heterocycles. The predicted molar refractivity (Wildman–Crippen MR) is 79.5 cm³/mol. The van der Waals surface area contributed by atoms with E-state index < -0.39 is 0 Å². The van der Waals surface area contributed by atoms with Gasteiger partial charge in [0.15, 0.2) is 0 Å². The maximum absolute atomic E-state index is 11.9. The van der Waals surface area contributed by atoms with Gasteiger partial charge in [-0.1, -0.05) is 24.3 Å². The van der Waals surface area contributed by atoms with Gasteiger partial charge in [0.05, 0.1) is 0 Å². The number of hydrogen-bond acceptors (Lipinski definition) is 5. The van der Waals surface area contributed by atoms with Crippen LogP contribution in [0.5, 0.6) is 0 Å². The van der Waals surface area contributed by atoms with Crippen LogP contribution in [0.4, 0.5) is 0 Å². The molecule has 0 atom stereocenters. The number of amides is 1. The van der Waals surface area contributed by atoms with Crippen LogP contribution in [0.3, 0.4) is 0 Å². The molecule has 0 unspecified atom stereocenters. The Balaban J connectivity index is 1.57. The minimum absolute atomic E-state index is 0.0557. The third kappa shape index (κ3) is 3.54. The number of benzene rings is 1. The van der Waals surface area contributed by atoms with Gasteiger partial charge in [0, 0.05) is 24.5 Å². The fourth-order valence-electron chi connectivity index (χ4n) is 1.93. The first kappa shape index (κ1) is 13.9. The van der Waals surface area contributed by atoms with Crippen molar-refractivity contribution in [2.24, 2.45) is 0 Å². The second-order valence-corrected chi connectivity index (χ2v) is 4.68. The van der Waals surface area contributed by atoms with Gasteiger partial charge in [0.1, 0.15) is 6.42 Å². The van der Waals surface area contributed by atoms with Crippen molar-refractivity contribution in [1.29, 1.82) is 0 Å². The van der Waals surface area contributed by atoms with E-state index in [0.717, 1.165) is 11.1 Å². The summed E-state index contributed by atoms with van der Waals surface area (Å²) < 4.78 is 5.50. The van der Waals surface area contributed by atoms with Crippen molar-refractivity contribution in [3.8, 4) is 11.5 Å². The summed E-state index contributed by atoms with van der Waals surface area (Å²) in [7, 11) is 0. The Bertz CT molecular complexity index is 741. The maximum Gasteiger partial charge on any atom is 0.247 e. The van der Waals surface area contributed by atoms with Crippen molar-refractivity contribution in [3.63, 3.8) is 0 Å². The number of pyridine rings is 1. The summed E-state index contributed by atoms with van der Waals surface area (Å²) in [5.74, 6) is 0.533. The van der Waals surface area contributed by atoms with Gasteiger partial charge in [-0.3, -0.25) is 9.78 Å². The van der Waals surface area contributed by atoms with E-state index in [1.54, 1.807) is 12.4 Å². The van der Waals surface area contributed by atoms with Gasteiger partial charge in [-0.15, -0.1) is 10.2 Å². The number of carbonyl (C=O) groups is 1. The molecule has 0 radical (unpaired) electrons. The zero-order valence-corrected chi connectivity index (χ0v) is 11.8. The molecule has 0 aliphatic carbocycles. The highest BCUT2D eigenvalue weighted by Crippen LogP contribution is 2.16. The lowest BCUT2D eigenvalue weighted by Gasteiger charge is -2.02. The zero-order chi connectivity index (χ0) is 15.2. The molecular weight excluding hydrogens is 280 g/mol. The van der Waals surface area contributed by atoms with E-state index in [4.69, 9.17) is 4.42 Å². The van der Waals surface area contributed by atoms with Crippen LogP contribution in [0.15, 0.2) is 59.3 Å². The average molecular weight is 294 g/mol. The fraction of sp³-hybridized carbons (Fsp3) is 0.125. The van der Waals surface area contributed by atoms with Crippen molar-refractivity contribution >= 4 is 5.91 Å². The monoisotopic (exact) mass is 294 g/mol. The second kappa shape index (κ2) is 6.62. The minimum atomic E-state index is -0.174. The van der Waals surface area contributed by atoms with E-state index in [9.17, 15) is 4.79 Å². The quantitative estimate of drug-likeness (QED) is 0.778. The van der Waals surface area contributed by atoms with Crippen LogP contribution in [0.25, 0.3) is 11.5 Å². The van der Waals surface area contributed by atoms with Gasteiger partial charge in [-0.2, -0.15) is 0 Å². The first-order chi connectivity index (χ1) is 10.8. The lowest BCUT2D eigenvalue weighted by Crippen LogP contribution is -2.24. The number of hydrogen-bond donors (Lipinski definition) is 1. The molecule has 3 aromatic rings. The van der Waals surface area contributed by atoms with Gasteiger partial charge in [-0.25, -0.2) is 0 Å². The van der Waals surface area contributed by atoms with Crippen LogP contribution >= 0.6 is 0 Å². The molecule has 110 valence electrons. The first-order valence-electron chi connectivity index (χ1n) is 6.84. The molecule has 0 saturated carbocycles. The third-order valence-corrected chi connectivity index (χ3v) is 3.01. The van der Waals surface area contributed by atoms with Crippen molar-refractivity contribution in [1.82, 2.24) is 20.5 Å². The second-order valence-electron chi connectivity index (χ2n) is 4.68. The lowest BCUT2D eigenvalue weighted by molar-refractivity contribution is -0.120. The van der Waals surface area contributed by atoms with Crippen molar-refractivity contribution < 1.29 is 9.21 Å². The van der Waals surface area contributed by atoms with Gasteiger partial charge in [0.2, 0.25) is 17.7 Å². The molecule has 0 aliphatic heterocycles. The molecule has 6 nitrogen and oxygen atoms in total. The Labute approximate surface area is 127 Å². The van der Waals surface area contributed by atoms with Gasteiger partial charge < -0.3 is 9.73 Å². The van der Waals surface area contributed by atoms with Crippen LogP contribution in [0.2, 0.25) is 0 Å². The Morgan fingerprint density at radius 1 is 1.09 bits per heavy atom. The van der Waals surface area contributed by atoms with Crippen molar-refractivity contribution in [2.45, 2.75) is 13.0 Å². The summed E-state index contributed by atoms with van der Waals surface area (Å²) in [5.41, 5.74) is 1.77. The van der Waals surface area contributed by atoms with Crippen LogP contribution < -0.4 is 5.32 Å². The van der Waals surface area contributed by atoms with E-state index in [1.165, 1.54) is 0 Å². The first-order valence-corrected chi connectivity index (χ1v) is 6.84. The molecule has 0 fully saturated rings. The van der Waals surface area contributed by atoms with Crippen LogP contribution in [-0.4, -0.2) is 21.1 Å². The Morgan fingerprint density at radius 2 is 1.95 bits per heavy atom. The topological polar surface area (TPSA) is 80.9 Å². The molecule has 1 amide bonds. The normalized spacial score (nSPS) is 10.4. The molecule has 0 spiro atoms. The highest BCUT2D eigenvalue weighted by Gasteiger charge is 2.12. The fourth-order valence-corrected chi connectivity index (χ4v) is 1.93. The number of rotatable bonds is 5. The molecule has 0 aliphatic rings. The number of carbonyl (C=O) groups excluding carboxylic acids is 1. The van der Waals surface area contributed by atoms with Crippen LogP contribution in [0, 0.1) is 0 Å². The maximum atomic E-state index is 11.9. The standard InChI is InChI=1S/C16H14N4O2/c21-14(18-11-12-5-4-8-17-10-12)9-15-19-20-16(22-15)13-6-2-1-3-7-13/h1-8,10H,9,11H2,(H,18,21). The van der Waals surface area contributed by atoms with Crippen LogP contribution in [0.1, 0.15) is 11.5 Å². The molecule has 1 N–H and O–H groups in total. The highest BCUT2D eigenvalue weighted by molar-refractivity contribution is 5.77. The van der Waals surface area contributed by atoms with E-state index in [0.29, 0.717) is 18.3 Å². The van der Waals surface area contributed by atoms with Gasteiger partial charge in [-0.05, 0) is 23.8 Å². The molecule has 22 heavy (non-hydrogen) atoms. The summed E-state index contributed by atoms with van der Waals surface area (Å²) in [4.78, 5) is 15.9. The largest absolute Gasteiger partial charge is 0.420 e. The van der Waals surface area contributed by atoms with E-state index in [2.05, 4.69) is 20.5 Å². The number of aromatic nitrogens is 3. The molecule has 2 aromatic heterocycles. The SMILES string of the molecule is O=C(Cc1nnc(-c2ccccc2)o1)NCc1cccnc1. The van der Waals surface area contributed by atoms with Crippen molar-refractivity contribution in [2.75, 3.05) is 0 Å². The lowest BCUT2D eigenvalue weighted by atomic mass is 10.2. The summed E-state index contributed by atoms with van der Waals surface area (Å²) in [6.45, 7) is 0.423. The average Bonchev–Trinajstić information content (AvgIpc) is 3.03. The van der Waals surface area contributed by atoms with Gasteiger partial charge in [0.25, 0.3) is 0 Å². The number of nitrogens with zero attached hydrogens (tertiary/aromatic N) is 3. The minimum Gasteiger partial charge on any atom is -0.420 e. The van der Waals surface area contributed by atoms with E-state index >= 15 is 0 Å². The summed E-state index contributed by atoms with van der Waals surface area (Å²) in [6, 6.07) is 13.2. The van der Waals surface area contributed by atoms with Gasteiger partial charge >= 0.3 is 0 Å². The zero-order valence-electron chi connectivity index (χ0n) is 11.8. The summed E-state index contributed by atoms with van der Waals surface area (Å²) in [5, 5.41) is 10.6. The van der Waals surface area contributed by atoms with E-state index in [-0.39, 0.29) is 12.3 Å². The Hall–Kier alpha value is -3.02. The molecule has 6 heteroatoms. The summed E-state index contributed by atoms with van der Waals surface area (Å²) in [6.07, 6.45) is 3.45.